The van der Waals surface area contributed by atoms with E-state index in [0.717, 1.165) is 7.05 Å². The van der Waals surface area contributed by atoms with Crippen molar-refractivity contribution in [2.45, 2.75) is 37.3 Å². The summed E-state index contributed by atoms with van der Waals surface area (Å²) in [6, 6.07) is 0. The molecule has 0 bridgehead atoms. The van der Waals surface area contributed by atoms with E-state index in [2.05, 4.69) is 6.58 Å². The summed E-state index contributed by atoms with van der Waals surface area (Å²) in [6.07, 6.45) is -8.93. The largest absolute Gasteiger partial charge is 0.460 e. The lowest BCUT2D eigenvalue weighted by Gasteiger charge is -2.34. The predicted molar refractivity (Wildman–Crippen MR) is 58.0 cm³/mol. The zero-order valence-corrected chi connectivity index (χ0v) is 11.4. The average molecular weight is 345 g/mol. The standard InChI is InChI=1S/C11H12F9NO/c1-6(2)7(22)21(3)5-4-8(12,13)9(14,15)10(16,17)11(18,19)20/h1,4-5H2,2-3H3. The molecule has 0 N–H and O–H groups in total. The Kier molecular flexibility index (Phi) is 5.61. The molecule has 0 radical (unpaired) electrons. The maximum atomic E-state index is 13.2. The average Bonchev–Trinajstić information content (AvgIpc) is 2.32. The van der Waals surface area contributed by atoms with Gasteiger partial charge in [-0.1, -0.05) is 6.58 Å². The maximum absolute atomic E-state index is 13.2. The summed E-state index contributed by atoms with van der Waals surface area (Å²) in [5, 5.41) is 0. The van der Waals surface area contributed by atoms with Gasteiger partial charge in [0.2, 0.25) is 5.91 Å². The lowest BCUT2D eigenvalue weighted by atomic mass is 10.0. The smallest absolute Gasteiger partial charge is 0.342 e. The van der Waals surface area contributed by atoms with E-state index in [9.17, 15) is 44.3 Å². The molecule has 0 aromatic heterocycles. The number of halogens is 9. The van der Waals surface area contributed by atoms with Crippen molar-refractivity contribution >= 4 is 5.91 Å². The van der Waals surface area contributed by atoms with Crippen molar-refractivity contribution in [3.63, 3.8) is 0 Å². The number of likely N-dealkylation sites (N-methyl/N-ethyl adjacent to an activating group) is 1. The summed E-state index contributed by atoms with van der Waals surface area (Å²) in [5.41, 5.74) is -0.154. The minimum absolute atomic E-state index is 0.154. The Bertz CT molecular complexity index is 441. The van der Waals surface area contributed by atoms with Crippen molar-refractivity contribution in [1.29, 1.82) is 0 Å². The molecule has 0 saturated heterocycles. The molecule has 22 heavy (non-hydrogen) atoms. The fraction of sp³-hybridized carbons (Fsp3) is 0.727. The Morgan fingerprint density at radius 3 is 1.68 bits per heavy atom. The Morgan fingerprint density at radius 1 is 0.955 bits per heavy atom. The van der Waals surface area contributed by atoms with Gasteiger partial charge in [0.1, 0.15) is 0 Å². The SMILES string of the molecule is C=C(C)C(=O)N(C)CCC(F)(F)C(F)(F)C(F)(F)C(F)(F)F. The van der Waals surface area contributed by atoms with Gasteiger partial charge in [-0.15, -0.1) is 0 Å². The normalized spacial score (nSPS) is 14.0. The van der Waals surface area contributed by atoms with Crippen molar-refractivity contribution in [3.8, 4) is 0 Å². The Labute approximate surface area is 119 Å². The zero-order valence-electron chi connectivity index (χ0n) is 11.4. The summed E-state index contributed by atoms with van der Waals surface area (Å²) in [4.78, 5) is 11.7. The van der Waals surface area contributed by atoms with Crippen molar-refractivity contribution < 1.29 is 44.3 Å². The highest BCUT2D eigenvalue weighted by Crippen LogP contribution is 2.53. The fourth-order valence-electron chi connectivity index (χ4n) is 1.30. The monoisotopic (exact) mass is 345 g/mol. The van der Waals surface area contributed by atoms with E-state index in [1.54, 1.807) is 0 Å². The lowest BCUT2D eigenvalue weighted by molar-refractivity contribution is -0.396. The molecule has 0 unspecified atom stereocenters. The first-order valence-electron chi connectivity index (χ1n) is 5.60. The Balaban J connectivity index is 5.23. The second-order valence-electron chi connectivity index (χ2n) is 4.61. The molecule has 0 rings (SSSR count). The Morgan fingerprint density at radius 2 is 1.36 bits per heavy atom. The third kappa shape index (κ3) is 3.67. The van der Waals surface area contributed by atoms with Crippen LogP contribution in [0.4, 0.5) is 39.5 Å². The molecular formula is C11H12F9NO. The molecule has 0 atom stereocenters. The van der Waals surface area contributed by atoms with Crippen LogP contribution in [0.3, 0.4) is 0 Å². The molecule has 0 spiro atoms. The van der Waals surface area contributed by atoms with E-state index in [1.165, 1.54) is 6.92 Å². The van der Waals surface area contributed by atoms with Gasteiger partial charge in [-0.3, -0.25) is 4.79 Å². The van der Waals surface area contributed by atoms with Gasteiger partial charge >= 0.3 is 23.9 Å². The van der Waals surface area contributed by atoms with Crippen LogP contribution in [0.5, 0.6) is 0 Å². The number of carbonyl (C=O) groups excluding carboxylic acids is 1. The number of amides is 1. The predicted octanol–water partition coefficient (Wildman–Crippen LogP) is 3.88. The lowest BCUT2D eigenvalue weighted by Crippen LogP contribution is -2.61. The van der Waals surface area contributed by atoms with Crippen molar-refractivity contribution in [3.05, 3.63) is 12.2 Å². The van der Waals surface area contributed by atoms with Crippen LogP contribution in [-0.4, -0.2) is 48.3 Å². The third-order valence-corrected chi connectivity index (χ3v) is 2.68. The van der Waals surface area contributed by atoms with E-state index in [4.69, 9.17) is 0 Å². The highest BCUT2D eigenvalue weighted by Gasteiger charge is 2.81. The van der Waals surface area contributed by atoms with Gasteiger partial charge < -0.3 is 4.90 Å². The summed E-state index contributed by atoms with van der Waals surface area (Å²) >= 11 is 0. The van der Waals surface area contributed by atoms with E-state index >= 15 is 0 Å². The van der Waals surface area contributed by atoms with Crippen LogP contribution in [0.1, 0.15) is 13.3 Å². The first-order valence-corrected chi connectivity index (χ1v) is 5.60. The molecule has 1 amide bonds. The second kappa shape index (κ2) is 5.99. The van der Waals surface area contributed by atoms with Crippen LogP contribution in [0, 0.1) is 0 Å². The van der Waals surface area contributed by atoms with Crippen LogP contribution >= 0.6 is 0 Å². The van der Waals surface area contributed by atoms with Crippen LogP contribution in [-0.2, 0) is 4.79 Å². The fourth-order valence-corrected chi connectivity index (χ4v) is 1.30. The minimum Gasteiger partial charge on any atom is -0.342 e. The molecule has 0 aromatic rings. The summed E-state index contributed by atoms with van der Waals surface area (Å²) in [7, 11) is 0.882. The van der Waals surface area contributed by atoms with E-state index in [-0.39, 0.29) is 5.57 Å². The molecule has 0 heterocycles. The second-order valence-corrected chi connectivity index (χ2v) is 4.61. The van der Waals surface area contributed by atoms with Gasteiger partial charge in [-0.25, -0.2) is 0 Å². The van der Waals surface area contributed by atoms with Crippen molar-refractivity contribution in [1.82, 2.24) is 4.90 Å². The van der Waals surface area contributed by atoms with Crippen molar-refractivity contribution in [2.24, 2.45) is 0 Å². The summed E-state index contributed by atoms with van der Waals surface area (Å²) < 4.78 is 113. The molecule has 0 saturated carbocycles. The van der Waals surface area contributed by atoms with Gasteiger partial charge in [0, 0.05) is 25.6 Å². The van der Waals surface area contributed by atoms with E-state index < -0.39 is 42.8 Å². The van der Waals surface area contributed by atoms with Crippen LogP contribution < -0.4 is 0 Å². The molecule has 0 aliphatic carbocycles. The Hall–Kier alpha value is -1.42. The molecule has 0 aromatic carbocycles. The van der Waals surface area contributed by atoms with Gasteiger partial charge in [-0.2, -0.15) is 39.5 Å². The van der Waals surface area contributed by atoms with E-state index in [1.807, 2.05) is 0 Å². The number of hydrogen-bond donors (Lipinski definition) is 0. The molecule has 0 fully saturated rings. The van der Waals surface area contributed by atoms with E-state index in [0.29, 0.717) is 4.90 Å². The number of nitrogens with zero attached hydrogens (tertiary/aromatic N) is 1. The highest BCUT2D eigenvalue weighted by molar-refractivity contribution is 5.91. The zero-order chi connectivity index (χ0) is 18.1. The van der Waals surface area contributed by atoms with Crippen LogP contribution in [0.2, 0.25) is 0 Å². The first-order chi connectivity index (χ1) is 9.49. The number of alkyl halides is 9. The number of hydrogen-bond acceptors (Lipinski definition) is 1. The number of rotatable bonds is 6. The summed E-state index contributed by atoms with van der Waals surface area (Å²) in [6.45, 7) is 3.15. The molecule has 11 heteroatoms. The van der Waals surface area contributed by atoms with Gasteiger partial charge in [0.15, 0.2) is 0 Å². The highest BCUT2D eigenvalue weighted by atomic mass is 19.4. The maximum Gasteiger partial charge on any atom is 0.460 e. The third-order valence-electron chi connectivity index (χ3n) is 2.68. The summed E-state index contributed by atoms with van der Waals surface area (Å²) in [5.74, 6) is -20.2. The molecule has 130 valence electrons. The first kappa shape index (κ1) is 20.6. The minimum atomic E-state index is -6.92. The topological polar surface area (TPSA) is 20.3 Å². The molecule has 0 aliphatic heterocycles. The molecule has 2 nitrogen and oxygen atoms in total. The van der Waals surface area contributed by atoms with Crippen LogP contribution in [0.15, 0.2) is 12.2 Å². The molecular weight excluding hydrogens is 333 g/mol. The van der Waals surface area contributed by atoms with Gasteiger partial charge in [-0.05, 0) is 6.92 Å². The quantitative estimate of drug-likeness (QED) is 0.529. The van der Waals surface area contributed by atoms with Crippen LogP contribution in [0.25, 0.3) is 0 Å². The molecule has 0 aliphatic rings. The van der Waals surface area contributed by atoms with Crippen molar-refractivity contribution in [2.75, 3.05) is 13.6 Å². The van der Waals surface area contributed by atoms with Gasteiger partial charge in [0.25, 0.3) is 0 Å². The number of carbonyl (C=O) groups is 1. The van der Waals surface area contributed by atoms with Gasteiger partial charge in [0.05, 0.1) is 0 Å².